The van der Waals surface area contributed by atoms with Crippen LogP contribution < -0.4 is 0 Å². The van der Waals surface area contributed by atoms with Crippen molar-refractivity contribution in [3.8, 4) is 0 Å². The molecule has 0 aromatic carbocycles. The summed E-state index contributed by atoms with van der Waals surface area (Å²) < 4.78 is 5.08. The molecule has 9 heavy (non-hydrogen) atoms. The zero-order valence-corrected chi connectivity index (χ0v) is 7.60. The molecule has 1 unspecified atom stereocenters. The first-order valence-corrected chi connectivity index (χ1v) is 3.76. The molecule has 0 aliphatic rings. The van der Waals surface area contributed by atoms with Gasteiger partial charge >= 0.3 is 0 Å². The van der Waals surface area contributed by atoms with Gasteiger partial charge in [0.25, 0.3) is 0 Å². The van der Waals surface area contributed by atoms with Gasteiger partial charge < -0.3 is 9.84 Å². The Hall–Kier alpha value is 0.400. The SMILES string of the molecule is COC(C)(C)C(Br)CO. The zero-order valence-electron chi connectivity index (χ0n) is 6.02. The first kappa shape index (κ1) is 9.40. The lowest BCUT2D eigenvalue weighted by atomic mass is 10.1. The lowest BCUT2D eigenvalue weighted by Gasteiger charge is -2.27. The van der Waals surface area contributed by atoms with Crippen molar-refractivity contribution in [3.63, 3.8) is 0 Å². The molecule has 0 rings (SSSR count). The number of hydrogen-bond acceptors (Lipinski definition) is 2. The van der Waals surface area contributed by atoms with Crippen LogP contribution in [-0.2, 0) is 4.74 Å². The van der Waals surface area contributed by atoms with Gasteiger partial charge in [0.2, 0.25) is 0 Å². The van der Waals surface area contributed by atoms with E-state index in [0.717, 1.165) is 0 Å². The lowest BCUT2D eigenvalue weighted by molar-refractivity contribution is 0.0107. The molecule has 0 saturated heterocycles. The summed E-state index contributed by atoms with van der Waals surface area (Å²) in [4.78, 5) is 0.00926. The highest BCUT2D eigenvalue weighted by atomic mass is 79.9. The fourth-order valence-corrected chi connectivity index (χ4v) is 0.535. The van der Waals surface area contributed by atoms with Crippen molar-refractivity contribution in [3.05, 3.63) is 0 Å². The lowest BCUT2D eigenvalue weighted by Crippen LogP contribution is -2.36. The average molecular weight is 197 g/mol. The van der Waals surface area contributed by atoms with Gasteiger partial charge in [-0.05, 0) is 13.8 Å². The Kier molecular flexibility index (Phi) is 3.70. The summed E-state index contributed by atoms with van der Waals surface area (Å²) >= 11 is 3.28. The molecule has 56 valence electrons. The summed E-state index contributed by atoms with van der Waals surface area (Å²) in [5.41, 5.74) is -0.283. The summed E-state index contributed by atoms with van der Waals surface area (Å²) in [5.74, 6) is 0. The third-order valence-electron chi connectivity index (χ3n) is 1.44. The number of aliphatic hydroxyl groups excluding tert-OH is 1. The second-order valence-corrected chi connectivity index (χ2v) is 3.56. The van der Waals surface area contributed by atoms with Crippen LogP contribution in [0.15, 0.2) is 0 Å². The molecule has 0 saturated carbocycles. The van der Waals surface area contributed by atoms with Crippen molar-refractivity contribution in [1.29, 1.82) is 0 Å². The van der Waals surface area contributed by atoms with Crippen LogP contribution >= 0.6 is 15.9 Å². The molecule has 2 nitrogen and oxygen atoms in total. The predicted molar refractivity (Wildman–Crippen MR) is 40.9 cm³/mol. The molecule has 0 radical (unpaired) electrons. The van der Waals surface area contributed by atoms with E-state index in [1.54, 1.807) is 7.11 Å². The highest BCUT2D eigenvalue weighted by molar-refractivity contribution is 9.09. The van der Waals surface area contributed by atoms with Crippen LogP contribution in [0.4, 0.5) is 0 Å². The van der Waals surface area contributed by atoms with E-state index in [1.165, 1.54) is 0 Å². The second kappa shape index (κ2) is 3.54. The molecule has 0 fully saturated rings. The van der Waals surface area contributed by atoms with Crippen LogP contribution in [0, 0.1) is 0 Å². The Labute approximate surface area is 64.3 Å². The van der Waals surface area contributed by atoms with E-state index in [1.807, 2.05) is 13.8 Å². The minimum absolute atomic E-state index is 0.00926. The van der Waals surface area contributed by atoms with Gasteiger partial charge in [-0.2, -0.15) is 0 Å². The number of aliphatic hydroxyl groups is 1. The zero-order chi connectivity index (χ0) is 7.49. The normalized spacial score (nSPS) is 15.7. The molecule has 1 atom stereocenters. The third kappa shape index (κ3) is 2.65. The fourth-order valence-electron chi connectivity index (χ4n) is 0.348. The minimum atomic E-state index is -0.283. The first-order chi connectivity index (χ1) is 4.04. The van der Waals surface area contributed by atoms with E-state index in [-0.39, 0.29) is 17.0 Å². The van der Waals surface area contributed by atoms with Gasteiger partial charge in [-0.25, -0.2) is 0 Å². The molecule has 0 aliphatic carbocycles. The fraction of sp³-hybridized carbons (Fsp3) is 1.00. The van der Waals surface area contributed by atoms with Crippen molar-refractivity contribution >= 4 is 15.9 Å². The standard InChI is InChI=1S/C6H13BrO2/c1-6(2,9-3)5(7)4-8/h5,8H,4H2,1-3H3. The summed E-state index contributed by atoms with van der Waals surface area (Å²) in [6.45, 7) is 3.94. The van der Waals surface area contributed by atoms with Crippen molar-refractivity contribution in [1.82, 2.24) is 0 Å². The van der Waals surface area contributed by atoms with E-state index >= 15 is 0 Å². The quantitative estimate of drug-likeness (QED) is 0.688. The van der Waals surface area contributed by atoms with Crippen LogP contribution in [0.1, 0.15) is 13.8 Å². The maximum atomic E-state index is 8.67. The number of ether oxygens (including phenoxy) is 1. The van der Waals surface area contributed by atoms with Crippen LogP contribution in [0.25, 0.3) is 0 Å². The van der Waals surface area contributed by atoms with Gasteiger partial charge in [0.1, 0.15) is 0 Å². The first-order valence-electron chi connectivity index (χ1n) is 2.84. The molecule has 3 heteroatoms. The molecular formula is C6H13BrO2. The number of rotatable bonds is 3. The molecule has 0 aromatic rings. The smallest absolute Gasteiger partial charge is 0.0769 e. The highest BCUT2D eigenvalue weighted by Gasteiger charge is 2.25. The van der Waals surface area contributed by atoms with Gasteiger partial charge in [0.05, 0.1) is 17.0 Å². The van der Waals surface area contributed by atoms with E-state index in [0.29, 0.717) is 0 Å². The topological polar surface area (TPSA) is 29.5 Å². The molecule has 0 heterocycles. The summed E-state index contributed by atoms with van der Waals surface area (Å²) in [6.07, 6.45) is 0. The summed E-state index contributed by atoms with van der Waals surface area (Å²) in [6, 6.07) is 0. The largest absolute Gasteiger partial charge is 0.395 e. The molecular weight excluding hydrogens is 184 g/mol. The van der Waals surface area contributed by atoms with Gasteiger partial charge in [0, 0.05) is 7.11 Å². The van der Waals surface area contributed by atoms with Gasteiger partial charge in [0.15, 0.2) is 0 Å². The van der Waals surface area contributed by atoms with Crippen molar-refractivity contribution in [2.45, 2.75) is 24.3 Å². The van der Waals surface area contributed by atoms with Gasteiger partial charge in [-0.3, -0.25) is 0 Å². The molecule has 0 aromatic heterocycles. The summed E-state index contributed by atoms with van der Waals surface area (Å²) in [7, 11) is 1.63. The molecule has 1 N–H and O–H groups in total. The van der Waals surface area contributed by atoms with E-state index < -0.39 is 0 Å². The number of alkyl halides is 1. The third-order valence-corrected chi connectivity index (χ3v) is 2.83. The molecule has 0 spiro atoms. The Morgan fingerprint density at radius 2 is 2.11 bits per heavy atom. The van der Waals surface area contributed by atoms with E-state index in [4.69, 9.17) is 9.84 Å². The van der Waals surface area contributed by atoms with Crippen LogP contribution in [-0.4, -0.2) is 29.3 Å². The molecule has 0 aliphatic heterocycles. The number of halogens is 1. The summed E-state index contributed by atoms with van der Waals surface area (Å²) in [5, 5.41) is 8.67. The van der Waals surface area contributed by atoms with E-state index in [2.05, 4.69) is 15.9 Å². The van der Waals surface area contributed by atoms with Gasteiger partial charge in [-0.1, -0.05) is 15.9 Å². The van der Waals surface area contributed by atoms with Gasteiger partial charge in [-0.15, -0.1) is 0 Å². The van der Waals surface area contributed by atoms with E-state index in [9.17, 15) is 0 Å². The minimum Gasteiger partial charge on any atom is -0.395 e. The Morgan fingerprint density at radius 1 is 1.67 bits per heavy atom. The predicted octanol–water partition coefficient (Wildman–Crippen LogP) is 1.17. The highest BCUT2D eigenvalue weighted by Crippen LogP contribution is 2.19. The Balaban J connectivity index is 3.80. The monoisotopic (exact) mass is 196 g/mol. The Morgan fingerprint density at radius 3 is 2.22 bits per heavy atom. The van der Waals surface area contributed by atoms with Crippen LogP contribution in [0.2, 0.25) is 0 Å². The van der Waals surface area contributed by atoms with Crippen molar-refractivity contribution in [2.75, 3.05) is 13.7 Å². The second-order valence-electron chi connectivity index (χ2n) is 2.46. The van der Waals surface area contributed by atoms with Crippen LogP contribution in [0.3, 0.4) is 0 Å². The number of methoxy groups -OCH3 is 1. The maximum Gasteiger partial charge on any atom is 0.0769 e. The average Bonchev–Trinajstić information content (AvgIpc) is 1.86. The Bertz CT molecular complexity index is 83.1. The maximum absolute atomic E-state index is 8.67. The molecule has 0 amide bonds. The van der Waals surface area contributed by atoms with Crippen LogP contribution in [0.5, 0.6) is 0 Å². The number of hydrogen-bond donors (Lipinski definition) is 1. The molecule has 0 bridgehead atoms. The van der Waals surface area contributed by atoms with Crippen molar-refractivity contribution < 1.29 is 9.84 Å². The van der Waals surface area contributed by atoms with Crippen molar-refractivity contribution in [2.24, 2.45) is 0 Å².